The number of aromatic nitrogens is 4. The van der Waals surface area contributed by atoms with Gasteiger partial charge in [0.25, 0.3) is 17.4 Å². The zero-order chi connectivity index (χ0) is 24.1. The predicted molar refractivity (Wildman–Crippen MR) is 126 cm³/mol. The largest absolute Gasteiger partial charge is 0.338 e. The maximum atomic E-state index is 12.9. The van der Waals surface area contributed by atoms with Crippen LogP contribution in [0.5, 0.6) is 0 Å². The second-order valence-electron chi connectivity index (χ2n) is 7.35. The maximum Gasteiger partial charge on any atom is 0.290 e. The van der Waals surface area contributed by atoms with E-state index in [0.29, 0.717) is 51.7 Å². The van der Waals surface area contributed by atoms with Gasteiger partial charge in [0, 0.05) is 16.8 Å². The quantitative estimate of drug-likeness (QED) is 0.306. The van der Waals surface area contributed by atoms with Crippen molar-refractivity contribution in [3.05, 3.63) is 81.9 Å². The molecule has 0 bridgehead atoms. The number of hydrazine groups is 1. The number of amides is 2. The van der Waals surface area contributed by atoms with Crippen LogP contribution in [0.2, 0.25) is 0 Å². The number of carbonyl (C=O) groups is 2. The van der Waals surface area contributed by atoms with Crippen LogP contribution in [0.3, 0.4) is 0 Å². The van der Waals surface area contributed by atoms with Gasteiger partial charge in [0.1, 0.15) is 0 Å². The summed E-state index contributed by atoms with van der Waals surface area (Å²) in [6.45, 7) is 4.02. The molecule has 0 aliphatic rings. The molecule has 0 fully saturated rings. The Hall–Kier alpha value is -3.99. The first-order valence-corrected chi connectivity index (χ1v) is 11.6. The van der Waals surface area contributed by atoms with Crippen LogP contribution in [-0.4, -0.2) is 31.7 Å². The second kappa shape index (κ2) is 10.3. The minimum absolute atomic E-state index is 0.0540. The van der Waals surface area contributed by atoms with E-state index < -0.39 is 11.8 Å². The van der Waals surface area contributed by atoms with Crippen molar-refractivity contribution in [3.8, 4) is 0 Å². The maximum absolute atomic E-state index is 12.9. The molecule has 2 heterocycles. The van der Waals surface area contributed by atoms with E-state index in [2.05, 4.69) is 26.1 Å². The molecule has 34 heavy (non-hydrogen) atoms. The van der Waals surface area contributed by atoms with Crippen LogP contribution in [0.1, 0.15) is 45.9 Å². The van der Waals surface area contributed by atoms with E-state index in [9.17, 15) is 14.4 Å². The molecule has 2 amide bonds. The SMILES string of the molecule is CCCn1nc(C(=O)NNC(=O)c2ccccc2SCc2nc(C)no2)c2ccccc2c1=O. The Morgan fingerprint density at radius 2 is 1.74 bits per heavy atom. The molecule has 2 N–H and O–H groups in total. The number of nitrogens with zero attached hydrogens (tertiary/aromatic N) is 4. The van der Waals surface area contributed by atoms with Gasteiger partial charge >= 0.3 is 0 Å². The Morgan fingerprint density at radius 1 is 1.03 bits per heavy atom. The molecule has 174 valence electrons. The molecule has 2 aromatic heterocycles. The fourth-order valence-electron chi connectivity index (χ4n) is 3.32. The zero-order valence-electron chi connectivity index (χ0n) is 18.6. The number of hydrogen-bond donors (Lipinski definition) is 2. The van der Waals surface area contributed by atoms with Crippen molar-refractivity contribution in [1.82, 2.24) is 30.8 Å². The molecule has 0 spiro atoms. The van der Waals surface area contributed by atoms with Gasteiger partial charge < -0.3 is 4.52 Å². The normalized spacial score (nSPS) is 10.9. The number of thioether (sulfide) groups is 1. The van der Waals surface area contributed by atoms with Crippen LogP contribution in [0.25, 0.3) is 10.8 Å². The summed E-state index contributed by atoms with van der Waals surface area (Å²) in [5.74, 6) is 0.263. The van der Waals surface area contributed by atoms with Crippen molar-refractivity contribution < 1.29 is 14.1 Å². The topological polar surface area (TPSA) is 132 Å². The minimum Gasteiger partial charge on any atom is -0.338 e. The lowest BCUT2D eigenvalue weighted by Crippen LogP contribution is -2.43. The van der Waals surface area contributed by atoms with Crippen LogP contribution in [0.4, 0.5) is 0 Å². The van der Waals surface area contributed by atoms with Gasteiger partial charge in [0.2, 0.25) is 5.89 Å². The van der Waals surface area contributed by atoms with Crippen molar-refractivity contribution in [2.24, 2.45) is 0 Å². The third-order valence-corrected chi connectivity index (χ3v) is 5.92. The number of nitrogens with one attached hydrogen (secondary N) is 2. The summed E-state index contributed by atoms with van der Waals surface area (Å²) in [7, 11) is 0. The van der Waals surface area contributed by atoms with E-state index in [1.807, 2.05) is 13.0 Å². The smallest absolute Gasteiger partial charge is 0.290 e. The van der Waals surface area contributed by atoms with Crippen LogP contribution in [0.15, 0.2) is 62.7 Å². The van der Waals surface area contributed by atoms with Crippen molar-refractivity contribution in [2.75, 3.05) is 0 Å². The molecule has 2 aromatic carbocycles. The molecule has 11 heteroatoms. The number of hydrogen-bond acceptors (Lipinski definition) is 8. The van der Waals surface area contributed by atoms with Gasteiger partial charge in [-0.15, -0.1) is 11.8 Å². The Labute approximate surface area is 198 Å². The van der Waals surface area contributed by atoms with Crippen LogP contribution < -0.4 is 16.4 Å². The van der Waals surface area contributed by atoms with Gasteiger partial charge in [0.15, 0.2) is 11.5 Å². The van der Waals surface area contributed by atoms with E-state index in [4.69, 9.17) is 4.52 Å². The summed E-state index contributed by atoms with van der Waals surface area (Å²) in [5.41, 5.74) is 5.02. The first kappa shape index (κ1) is 23.2. The summed E-state index contributed by atoms with van der Waals surface area (Å²) in [5, 5.41) is 8.80. The number of aryl methyl sites for hydroxylation is 2. The molecule has 0 aliphatic carbocycles. The highest BCUT2D eigenvalue weighted by Gasteiger charge is 2.18. The summed E-state index contributed by atoms with van der Waals surface area (Å²) in [4.78, 5) is 43.2. The second-order valence-corrected chi connectivity index (χ2v) is 8.37. The van der Waals surface area contributed by atoms with Crippen LogP contribution >= 0.6 is 11.8 Å². The molecule has 0 radical (unpaired) electrons. The molecule has 0 aliphatic heterocycles. The number of carbonyl (C=O) groups excluding carboxylic acids is 2. The summed E-state index contributed by atoms with van der Waals surface area (Å²) < 4.78 is 6.38. The number of benzene rings is 2. The fraction of sp³-hybridized carbons (Fsp3) is 0.217. The Morgan fingerprint density at radius 3 is 2.47 bits per heavy atom. The summed E-state index contributed by atoms with van der Waals surface area (Å²) in [6.07, 6.45) is 0.681. The van der Waals surface area contributed by atoms with E-state index in [-0.39, 0.29) is 11.3 Å². The highest BCUT2D eigenvalue weighted by molar-refractivity contribution is 7.98. The van der Waals surface area contributed by atoms with Crippen molar-refractivity contribution >= 4 is 34.3 Å². The lowest BCUT2D eigenvalue weighted by molar-refractivity contribution is 0.0842. The monoisotopic (exact) mass is 478 g/mol. The lowest BCUT2D eigenvalue weighted by atomic mass is 10.1. The molecular formula is C23H22N6O4S. The standard InChI is InChI=1S/C23H22N6O4S/c1-3-12-29-23(32)16-9-5-4-8-15(16)20(27-29)22(31)26-25-21(30)17-10-6-7-11-18(17)34-13-19-24-14(2)28-33-19/h4-11H,3,12-13H2,1-2H3,(H,25,30)(H,26,31). The molecular weight excluding hydrogens is 456 g/mol. The third-order valence-electron chi connectivity index (χ3n) is 4.86. The molecule has 4 rings (SSSR count). The zero-order valence-corrected chi connectivity index (χ0v) is 19.4. The van der Waals surface area contributed by atoms with Crippen LogP contribution in [-0.2, 0) is 12.3 Å². The summed E-state index contributed by atoms with van der Waals surface area (Å²) >= 11 is 1.36. The number of fused-ring (bicyclic) bond motifs is 1. The fourth-order valence-corrected chi connectivity index (χ4v) is 4.21. The average molecular weight is 479 g/mol. The van der Waals surface area contributed by atoms with Gasteiger partial charge in [-0.2, -0.15) is 10.1 Å². The van der Waals surface area contributed by atoms with Crippen LogP contribution in [0, 0.1) is 6.92 Å². The first-order valence-electron chi connectivity index (χ1n) is 10.6. The molecule has 10 nitrogen and oxygen atoms in total. The molecule has 0 saturated heterocycles. The lowest BCUT2D eigenvalue weighted by Gasteiger charge is -2.12. The van der Waals surface area contributed by atoms with E-state index >= 15 is 0 Å². The predicted octanol–water partition coefficient (Wildman–Crippen LogP) is 2.87. The van der Waals surface area contributed by atoms with E-state index in [1.54, 1.807) is 49.4 Å². The molecule has 0 unspecified atom stereocenters. The number of rotatable bonds is 7. The van der Waals surface area contributed by atoms with Gasteiger partial charge in [-0.3, -0.25) is 25.2 Å². The molecule has 0 saturated carbocycles. The molecule has 0 atom stereocenters. The first-order chi connectivity index (χ1) is 16.5. The Balaban J connectivity index is 1.51. The highest BCUT2D eigenvalue weighted by Crippen LogP contribution is 2.25. The van der Waals surface area contributed by atoms with Gasteiger partial charge in [-0.05, 0) is 31.5 Å². The summed E-state index contributed by atoms with van der Waals surface area (Å²) in [6, 6.07) is 13.7. The Bertz CT molecular complexity index is 1410. The minimum atomic E-state index is -0.624. The average Bonchev–Trinajstić information content (AvgIpc) is 3.28. The van der Waals surface area contributed by atoms with Crippen molar-refractivity contribution in [3.63, 3.8) is 0 Å². The van der Waals surface area contributed by atoms with Gasteiger partial charge in [0.05, 0.1) is 16.7 Å². The highest BCUT2D eigenvalue weighted by atomic mass is 32.2. The van der Waals surface area contributed by atoms with Crippen molar-refractivity contribution in [2.45, 2.75) is 37.5 Å². The van der Waals surface area contributed by atoms with E-state index in [0.717, 1.165) is 0 Å². The molecule has 4 aromatic rings. The Kier molecular flexibility index (Phi) is 7.02. The van der Waals surface area contributed by atoms with Gasteiger partial charge in [-0.25, -0.2) is 4.68 Å². The van der Waals surface area contributed by atoms with E-state index in [1.165, 1.54) is 16.4 Å². The van der Waals surface area contributed by atoms with Gasteiger partial charge in [-0.1, -0.05) is 42.4 Å². The third kappa shape index (κ3) is 4.99. The van der Waals surface area contributed by atoms with Crippen molar-refractivity contribution in [1.29, 1.82) is 0 Å².